The number of hydrogen-bond acceptors (Lipinski definition) is 7. The van der Waals surface area contributed by atoms with Crippen LogP contribution in [0.5, 0.6) is 0 Å². The first kappa shape index (κ1) is 19.3. The van der Waals surface area contributed by atoms with Crippen molar-refractivity contribution < 1.29 is 9.21 Å². The van der Waals surface area contributed by atoms with Gasteiger partial charge in [0.1, 0.15) is 12.7 Å². The summed E-state index contributed by atoms with van der Waals surface area (Å²) in [4.78, 5) is 19.6. The fraction of sp³-hybridized carbons (Fsp3) is 0.0500. The lowest BCUT2D eigenvalue weighted by Crippen LogP contribution is -2.16. The predicted molar refractivity (Wildman–Crippen MR) is 117 cm³/mol. The molecular weight excluding hydrogens is 438 g/mol. The number of para-hydroxylation sites is 1. The molecular formula is C20H14ClN7O2S. The van der Waals surface area contributed by atoms with E-state index in [1.165, 1.54) is 6.33 Å². The molecule has 0 spiro atoms. The molecule has 0 radical (unpaired) electrons. The van der Waals surface area contributed by atoms with Gasteiger partial charge in [-0.2, -0.15) is 5.10 Å². The molecule has 31 heavy (non-hydrogen) atoms. The Kier molecular flexibility index (Phi) is 5.14. The van der Waals surface area contributed by atoms with Crippen molar-refractivity contribution in [1.29, 1.82) is 0 Å². The number of anilines is 1. The first-order chi connectivity index (χ1) is 15.2. The molecule has 0 fully saturated rings. The van der Waals surface area contributed by atoms with E-state index >= 15 is 0 Å². The largest absolute Gasteiger partial charge is 0.411 e. The minimum absolute atomic E-state index is 0.0822. The third-order valence-corrected chi connectivity index (χ3v) is 5.50. The van der Waals surface area contributed by atoms with E-state index in [0.717, 1.165) is 28.2 Å². The number of thioether (sulfide) groups is 1. The molecule has 0 unspecified atom stereocenters. The number of fused-ring (bicyclic) bond motifs is 1. The molecule has 0 saturated carbocycles. The number of aromatic amines is 1. The van der Waals surface area contributed by atoms with Gasteiger partial charge in [0, 0.05) is 22.1 Å². The number of H-pyrrole nitrogens is 1. The zero-order valence-corrected chi connectivity index (χ0v) is 17.4. The molecule has 3 heterocycles. The molecule has 0 aliphatic rings. The van der Waals surface area contributed by atoms with Crippen molar-refractivity contribution in [3.63, 3.8) is 0 Å². The number of rotatable bonds is 6. The Morgan fingerprint density at radius 3 is 3.00 bits per heavy atom. The summed E-state index contributed by atoms with van der Waals surface area (Å²) in [6, 6.07) is 13.0. The zero-order valence-electron chi connectivity index (χ0n) is 15.8. The van der Waals surface area contributed by atoms with E-state index in [1.54, 1.807) is 29.2 Å². The van der Waals surface area contributed by atoms with Crippen molar-refractivity contribution in [1.82, 2.24) is 29.9 Å². The molecule has 0 aliphatic carbocycles. The topological polar surface area (TPSA) is 115 Å². The van der Waals surface area contributed by atoms with E-state index in [1.807, 2.05) is 30.5 Å². The number of carbonyl (C=O) groups is 1. The molecule has 2 N–H and O–H groups in total. The minimum atomic E-state index is -0.250. The SMILES string of the molecule is O=C(CSc1nnc(-c2c[nH]c3ccccc23)o1)Nc1cc(Cl)ccc1-n1cncn1. The molecule has 9 nitrogen and oxygen atoms in total. The smallest absolute Gasteiger partial charge is 0.277 e. The fourth-order valence-electron chi connectivity index (χ4n) is 3.08. The second-order valence-electron chi connectivity index (χ2n) is 6.46. The average molecular weight is 452 g/mol. The van der Waals surface area contributed by atoms with Crippen LogP contribution < -0.4 is 5.32 Å². The van der Waals surface area contributed by atoms with Crippen molar-refractivity contribution in [2.24, 2.45) is 0 Å². The Morgan fingerprint density at radius 1 is 1.23 bits per heavy atom. The number of carbonyl (C=O) groups excluding carboxylic acids is 1. The Morgan fingerprint density at radius 2 is 2.13 bits per heavy atom. The highest BCUT2D eigenvalue weighted by Crippen LogP contribution is 2.30. The quantitative estimate of drug-likeness (QED) is 0.372. The van der Waals surface area contributed by atoms with Gasteiger partial charge in [-0.1, -0.05) is 41.6 Å². The van der Waals surface area contributed by atoms with E-state index in [0.29, 0.717) is 27.5 Å². The second kappa shape index (κ2) is 8.25. The van der Waals surface area contributed by atoms with Gasteiger partial charge in [0.25, 0.3) is 11.1 Å². The van der Waals surface area contributed by atoms with Gasteiger partial charge < -0.3 is 14.7 Å². The number of nitrogens with one attached hydrogen (secondary N) is 2. The van der Waals surface area contributed by atoms with Gasteiger partial charge in [-0.05, 0) is 24.3 Å². The lowest BCUT2D eigenvalue weighted by Gasteiger charge is -2.10. The molecule has 5 rings (SSSR count). The molecule has 0 aliphatic heterocycles. The van der Waals surface area contributed by atoms with Crippen LogP contribution in [-0.2, 0) is 4.79 Å². The maximum Gasteiger partial charge on any atom is 0.277 e. The third-order valence-electron chi connectivity index (χ3n) is 4.45. The number of halogens is 1. The molecule has 0 atom stereocenters. The van der Waals surface area contributed by atoms with E-state index < -0.39 is 0 Å². The van der Waals surface area contributed by atoms with Crippen LogP contribution in [0, 0.1) is 0 Å². The third kappa shape index (κ3) is 4.03. The summed E-state index contributed by atoms with van der Waals surface area (Å²) in [5.41, 5.74) is 2.97. The van der Waals surface area contributed by atoms with Crippen molar-refractivity contribution in [2.45, 2.75) is 5.22 Å². The van der Waals surface area contributed by atoms with Crippen LogP contribution in [0.4, 0.5) is 5.69 Å². The molecule has 154 valence electrons. The number of hydrogen-bond donors (Lipinski definition) is 2. The number of amides is 1. The summed E-state index contributed by atoms with van der Waals surface area (Å²) in [6.07, 6.45) is 4.78. The minimum Gasteiger partial charge on any atom is -0.411 e. The van der Waals surface area contributed by atoms with Crippen LogP contribution in [0.1, 0.15) is 0 Å². The summed E-state index contributed by atoms with van der Waals surface area (Å²) in [5, 5.41) is 16.9. The zero-order chi connectivity index (χ0) is 21.2. The van der Waals surface area contributed by atoms with E-state index in [-0.39, 0.29) is 11.7 Å². The summed E-state index contributed by atoms with van der Waals surface area (Å²) >= 11 is 7.24. The fourth-order valence-corrected chi connectivity index (χ4v) is 3.82. The van der Waals surface area contributed by atoms with E-state index in [4.69, 9.17) is 16.0 Å². The van der Waals surface area contributed by atoms with Crippen LogP contribution in [0.25, 0.3) is 28.0 Å². The Labute approximate surface area is 184 Å². The van der Waals surface area contributed by atoms with E-state index in [2.05, 4.69) is 30.6 Å². The van der Waals surface area contributed by atoms with Crippen LogP contribution >= 0.6 is 23.4 Å². The number of aromatic nitrogens is 6. The Bertz CT molecular complexity index is 1360. The summed E-state index contributed by atoms with van der Waals surface area (Å²) in [7, 11) is 0. The van der Waals surface area contributed by atoms with E-state index in [9.17, 15) is 4.79 Å². The Hall–Kier alpha value is -3.63. The number of nitrogens with zero attached hydrogens (tertiary/aromatic N) is 5. The summed E-state index contributed by atoms with van der Waals surface area (Å²) < 4.78 is 7.28. The van der Waals surface area contributed by atoms with Crippen LogP contribution in [0.2, 0.25) is 5.02 Å². The number of benzene rings is 2. The second-order valence-corrected chi connectivity index (χ2v) is 7.82. The normalized spacial score (nSPS) is 11.1. The lowest BCUT2D eigenvalue weighted by molar-refractivity contribution is -0.113. The van der Waals surface area contributed by atoms with Gasteiger partial charge in [-0.3, -0.25) is 4.79 Å². The standard InChI is InChI=1S/C20H14ClN7O2S/c21-12-5-6-17(28-11-22-10-24-28)16(7-12)25-18(29)9-31-20-27-26-19(30-20)14-8-23-15-4-2-1-3-13(14)15/h1-8,10-11,23H,9H2,(H,25,29). The predicted octanol–water partition coefficient (Wildman–Crippen LogP) is 4.18. The maximum atomic E-state index is 12.5. The Balaban J connectivity index is 1.28. The highest BCUT2D eigenvalue weighted by molar-refractivity contribution is 7.99. The molecule has 0 saturated heterocycles. The average Bonchev–Trinajstić information content (AvgIpc) is 3.52. The summed E-state index contributed by atoms with van der Waals surface area (Å²) in [6.45, 7) is 0. The monoisotopic (exact) mass is 451 g/mol. The van der Waals surface area contributed by atoms with Gasteiger partial charge in [-0.15, -0.1) is 10.2 Å². The van der Waals surface area contributed by atoms with Gasteiger partial charge in [-0.25, -0.2) is 9.67 Å². The van der Waals surface area contributed by atoms with Crippen molar-refractivity contribution in [3.05, 3.63) is 66.3 Å². The molecule has 11 heteroatoms. The van der Waals surface area contributed by atoms with Crippen molar-refractivity contribution >= 4 is 45.9 Å². The first-order valence-corrected chi connectivity index (χ1v) is 10.5. The van der Waals surface area contributed by atoms with Crippen molar-refractivity contribution in [3.8, 4) is 17.1 Å². The molecule has 3 aromatic heterocycles. The van der Waals surface area contributed by atoms with Gasteiger partial charge >= 0.3 is 0 Å². The lowest BCUT2D eigenvalue weighted by atomic mass is 10.2. The van der Waals surface area contributed by atoms with Gasteiger partial charge in [0.2, 0.25) is 5.91 Å². The molecule has 5 aromatic rings. The highest BCUT2D eigenvalue weighted by atomic mass is 35.5. The molecule has 2 aromatic carbocycles. The first-order valence-electron chi connectivity index (χ1n) is 9.14. The van der Waals surface area contributed by atoms with Gasteiger partial charge in [0.05, 0.1) is 22.7 Å². The van der Waals surface area contributed by atoms with Crippen LogP contribution in [0.15, 0.2) is 71.0 Å². The molecule has 0 bridgehead atoms. The van der Waals surface area contributed by atoms with Gasteiger partial charge in [0.15, 0.2) is 0 Å². The van der Waals surface area contributed by atoms with Crippen molar-refractivity contribution in [2.75, 3.05) is 11.1 Å². The maximum absolute atomic E-state index is 12.5. The van der Waals surface area contributed by atoms with Crippen LogP contribution in [-0.4, -0.2) is 41.6 Å². The molecule has 1 amide bonds. The van der Waals surface area contributed by atoms with Crippen LogP contribution in [0.3, 0.4) is 0 Å². The highest BCUT2D eigenvalue weighted by Gasteiger charge is 2.15. The summed E-state index contributed by atoms with van der Waals surface area (Å²) in [5.74, 6) is 0.225.